The van der Waals surface area contributed by atoms with Gasteiger partial charge in [0.1, 0.15) is 17.4 Å². The maximum atomic E-state index is 13.5. The number of halogens is 1. The average molecular weight is 425 g/mol. The van der Waals surface area contributed by atoms with E-state index in [0.717, 1.165) is 0 Å². The molecule has 144 valence electrons. The van der Waals surface area contributed by atoms with E-state index in [1.54, 1.807) is 43.0 Å². The van der Waals surface area contributed by atoms with Gasteiger partial charge in [-0.15, -0.1) is 11.3 Å². The van der Waals surface area contributed by atoms with Crippen molar-refractivity contribution in [3.05, 3.63) is 86.2 Å². The summed E-state index contributed by atoms with van der Waals surface area (Å²) in [6.45, 7) is 0. The van der Waals surface area contributed by atoms with Gasteiger partial charge in [0, 0.05) is 22.2 Å². The first-order valence-electron chi connectivity index (χ1n) is 8.72. The summed E-state index contributed by atoms with van der Waals surface area (Å²) in [7, 11) is 1.55. The molecule has 6 nitrogen and oxygen atoms in total. The molecule has 0 unspecified atom stereocenters. The SMILES string of the molecule is COc1ccccc1[C@@H]1c2c(oc3ccc(Cl)cc3c2=O)C(=O)N1c1nccs1. The highest BCUT2D eigenvalue weighted by Gasteiger charge is 2.45. The second-order valence-electron chi connectivity index (χ2n) is 6.45. The normalized spacial score (nSPS) is 15.7. The maximum absolute atomic E-state index is 13.5. The van der Waals surface area contributed by atoms with E-state index in [0.29, 0.717) is 32.4 Å². The molecule has 0 N–H and O–H groups in total. The average Bonchev–Trinajstić information content (AvgIpc) is 3.35. The van der Waals surface area contributed by atoms with E-state index in [-0.39, 0.29) is 16.8 Å². The van der Waals surface area contributed by atoms with Crippen LogP contribution in [0, 0.1) is 0 Å². The van der Waals surface area contributed by atoms with Crippen LogP contribution in [0.4, 0.5) is 5.13 Å². The number of carbonyl (C=O) groups is 1. The summed E-state index contributed by atoms with van der Waals surface area (Å²) >= 11 is 7.40. The lowest BCUT2D eigenvalue weighted by molar-refractivity contribution is 0.0971. The molecule has 8 heteroatoms. The standard InChI is InChI=1S/C21H13ClN2O4S/c1-27-14-5-3-2-4-12(14)17-16-18(25)13-10-11(22)6-7-15(13)28-19(16)20(26)24(17)21-23-8-9-29-21/h2-10,17H,1H3/t17-/m1/s1. The predicted molar refractivity (Wildman–Crippen MR) is 111 cm³/mol. The Morgan fingerprint density at radius 3 is 2.79 bits per heavy atom. The Morgan fingerprint density at radius 2 is 2.03 bits per heavy atom. The van der Waals surface area contributed by atoms with Crippen molar-refractivity contribution in [3.63, 3.8) is 0 Å². The molecule has 1 atom stereocenters. The molecule has 1 aliphatic heterocycles. The summed E-state index contributed by atoms with van der Waals surface area (Å²) in [5.41, 5.74) is 0.939. The zero-order valence-electron chi connectivity index (χ0n) is 15.1. The molecule has 2 aromatic heterocycles. The van der Waals surface area contributed by atoms with Crippen LogP contribution in [0.3, 0.4) is 0 Å². The molecule has 3 heterocycles. The molecule has 0 saturated carbocycles. The summed E-state index contributed by atoms with van der Waals surface area (Å²) in [5, 5.41) is 2.99. The molecule has 0 bridgehead atoms. The van der Waals surface area contributed by atoms with Gasteiger partial charge in [0.05, 0.1) is 18.1 Å². The number of rotatable bonds is 3. The van der Waals surface area contributed by atoms with Crippen LogP contribution < -0.4 is 15.1 Å². The number of aromatic nitrogens is 1. The molecule has 0 aliphatic carbocycles. The van der Waals surface area contributed by atoms with Crippen LogP contribution in [0.2, 0.25) is 5.02 Å². The van der Waals surface area contributed by atoms with Gasteiger partial charge in [-0.05, 0) is 24.3 Å². The highest BCUT2D eigenvalue weighted by molar-refractivity contribution is 7.13. The van der Waals surface area contributed by atoms with Crippen LogP contribution >= 0.6 is 22.9 Å². The number of carbonyl (C=O) groups excluding carboxylic acids is 1. The minimum atomic E-state index is -0.723. The lowest BCUT2D eigenvalue weighted by Crippen LogP contribution is -2.29. The minimum Gasteiger partial charge on any atom is -0.496 e. The van der Waals surface area contributed by atoms with E-state index >= 15 is 0 Å². The zero-order chi connectivity index (χ0) is 20.1. The summed E-state index contributed by atoms with van der Waals surface area (Å²) in [4.78, 5) is 32.6. The Labute approximate surface area is 173 Å². The van der Waals surface area contributed by atoms with Crippen molar-refractivity contribution in [1.29, 1.82) is 0 Å². The third kappa shape index (κ3) is 2.66. The van der Waals surface area contributed by atoms with E-state index in [4.69, 9.17) is 20.8 Å². The monoisotopic (exact) mass is 424 g/mol. The zero-order valence-corrected chi connectivity index (χ0v) is 16.7. The number of para-hydroxylation sites is 1. The van der Waals surface area contributed by atoms with Crippen molar-refractivity contribution < 1.29 is 13.9 Å². The Bertz CT molecular complexity index is 1320. The predicted octanol–water partition coefficient (Wildman–Crippen LogP) is 4.66. The maximum Gasteiger partial charge on any atom is 0.297 e. The van der Waals surface area contributed by atoms with Gasteiger partial charge in [-0.1, -0.05) is 29.8 Å². The van der Waals surface area contributed by atoms with Crippen molar-refractivity contribution in [2.24, 2.45) is 0 Å². The number of ether oxygens (including phenoxy) is 1. The summed E-state index contributed by atoms with van der Waals surface area (Å²) in [6, 6.07) is 11.3. The second-order valence-corrected chi connectivity index (χ2v) is 7.76. The van der Waals surface area contributed by atoms with E-state index in [1.165, 1.54) is 16.2 Å². The Hall–Kier alpha value is -3.16. The molecule has 0 spiro atoms. The number of hydrogen-bond acceptors (Lipinski definition) is 6. The first-order chi connectivity index (χ1) is 14.1. The van der Waals surface area contributed by atoms with Crippen molar-refractivity contribution in [2.45, 2.75) is 6.04 Å². The van der Waals surface area contributed by atoms with Crippen LogP contribution in [-0.2, 0) is 0 Å². The first-order valence-corrected chi connectivity index (χ1v) is 9.98. The van der Waals surface area contributed by atoms with Gasteiger partial charge < -0.3 is 9.15 Å². The minimum absolute atomic E-state index is 0.0101. The molecule has 1 amide bonds. The number of thiazole rings is 1. The first kappa shape index (κ1) is 17.9. The second kappa shape index (κ2) is 6.72. The quantitative estimate of drug-likeness (QED) is 0.478. The van der Waals surface area contributed by atoms with Crippen LogP contribution in [0.15, 0.2) is 63.3 Å². The number of methoxy groups -OCH3 is 1. The molecule has 1 aliphatic rings. The number of hydrogen-bond donors (Lipinski definition) is 0. The van der Waals surface area contributed by atoms with Gasteiger partial charge >= 0.3 is 0 Å². The van der Waals surface area contributed by atoms with Gasteiger partial charge in [0.2, 0.25) is 5.76 Å². The third-order valence-corrected chi connectivity index (χ3v) is 5.90. The molecule has 0 radical (unpaired) electrons. The Morgan fingerprint density at radius 1 is 1.21 bits per heavy atom. The van der Waals surface area contributed by atoms with E-state index < -0.39 is 11.9 Å². The lowest BCUT2D eigenvalue weighted by atomic mass is 9.98. The van der Waals surface area contributed by atoms with Crippen LogP contribution in [0.25, 0.3) is 11.0 Å². The highest BCUT2D eigenvalue weighted by atomic mass is 35.5. The van der Waals surface area contributed by atoms with Gasteiger partial charge in [-0.25, -0.2) is 4.98 Å². The van der Waals surface area contributed by atoms with Crippen LogP contribution in [0.1, 0.15) is 27.7 Å². The molecular weight excluding hydrogens is 412 g/mol. The fraction of sp³-hybridized carbons (Fsp3) is 0.0952. The molecule has 5 rings (SSSR count). The third-order valence-electron chi connectivity index (χ3n) is 4.89. The molecule has 0 saturated heterocycles. The number of nitrogens with zero attached hydrogens (tertiary/aromatic N) is 2. The Balaban J connectivity index is 1.86. The summed E-state index contributed by atoms with van der Waals surface area (Å²) in [5.74, 6) is 0.154. The van der Waals surface area contributed by atoms with Gasteiger partial charge in [-0.2, -0.15) is 0 Å². The molecule has 2 aromatic carbocycles. The van der Waals surface area contributed by atoms with Crippen LogP contribution in [-0.4, -0.2) is 18.0 Å². The topological polar surface area (TPSA) is 72.6 Å². The summed E-state index contributed by atoms with van der Waals surface area (Å²) in [6.07, 6.45) is 1.61. The van der Waals surface area contributed by atoms with Crippen molar-refractivity contribution in [2.75, 3.05) is 12.0 Å². The van der Waals surface area contributed by atoms with E-state index in [1.807, 2.05) is 18.2 Å². The highest BCUT2D eigenvalue weighted by Crippen LogP contribution is 2.44. The number of amides is 1. The largest absolute Gasteiger partial charge is 0.496 e. The van der Waals surface area contributed by atoms with Gasteiger partial charge in [0.25, 0.3) is 5.91 Å². The van der Waals surface area contributed by atoms with E-state index in [9.17, 15) is 9.59 Å². The van der Waals surface area contributed by atoms with E-state index in [2.05, 4.69) is 4.98 Å². The number of benzene rings is 2. The molecule has 0 fully saturated rings. The number of fused-ring (bicyclic) bond motifs is 2. The van der Waals surface area contributed by atoms with Crippen molar-refractivity contribution in [1.82, 2.24) is 4.98 Å². The van der Waals surface area contributed by atoms with Gasteiger partial charge in [0.15, 0.2) is 10.6 Å². The summed E-state index contributed by atoms with van der Waals surface area (Å²) < 4.78 is 11.4. The number of anilines is 1. The van der Waals surface area contributed by atoms with Crippen LogP contribution in [0.5, 0.6) is 5.75 Å². The smallest absolute Gasteiger partial charge is 0.297 e. The lowest BCUT2D eigenvalue weighted by Gasteiger charge is -2.24. The van der Waals surface area contributed by atoms with Gasteiger partial charge in [-0.3, -0.25) is 14.5 Å². The molecule has 4 aromatic rings. The fourth-order valence-electron chi connectivity index (χ4n) is 3.66. The molecule has 29 heavy (non-hydrogen) atoms. The molecular formula is C21H13ClN2O4S. The van der Waals surface area contributed by atoms with Crippen molar-refractivity contribution >= 4 is 44.9 Å². The fourth-order valence-corrected chi connectivity index (χ4v) is 4.50. The Kier molecular flexibility index (Phi) is 4.15. The van der Waals surface area contributed by atoms with Crippen molar-refractivity contribution in [3.8, 4) is 5.75 Å².